The summed E-state index contributed by atoms with van der Waals surface area (Å²) in [5.74, 6) is -2.77. The van der Waals surface area contributed by atoms with Gasteiger partial charge >= 0.3 is 23.9 Å². The molecule has 0 saturated heterocycles. The third-order valence-electron chi connectivity index (χ3n) is 3.43. The quantitative estimate of drug-likeness (QED) is 0.132. The number of carbonyl (C=O) groups excluding carboxylic acids is 4. The number of aliphatic hydroxyl groups excluding tert-OH is 1. The van der Waals surface area contributed by atoms with E-state index < -0.39 is 30.0 Å². The lowest BCUT2D eigenvalue weighted by atomic mass is 10.3. The molecular weight excluding hydrogens is 428 g/mol. The predicted octanol–water partition coefficient (Wildman–Crippen LogP) is 0.486. The van der Waals surface area contributed by atoms with E-state index in [1.165, 1.54) is 13.8 Å². The first-order valence-electron chi connectivity index (χ1n) is 9.94. The van der Waals surface area contributed by atoms with Gasteiger partial charge in [0.2, 0.25) is 0 Å². The van der Waals surface area contributed by atoms with Crippen molar-refractivity contribution in [1.82, 2.24) is 0 Å². The van der Waals surface area contributed by atoms with Crippen LogP contribution in [0.3, 0.4) is 0 Å². The van der Waals surface area contributed by atoms with Gasteiger partial charge in [-0.3, -0.25) is 9.59 Å². The molecule has 0 aromatic rings. The van der Waals surface area contributed by atoms with E-state index in [9.17, 15) is 19.2 Å². The molecule has 1 N–H and O–H groups in total. The molecule has 32 heavy (non-hydrogen) atoms. The van der Waals surface area contributed by atoms with Crippen LogP contribution in [0.5, 0.6) is 0 Å². The molecule has 0 atom stereocenters. The maximum absolute atomic E-state index is 12.0. The number of rotatable bonds is 18. The van der Waals surface area contributed by atoms with Gasteiger partial charge in [0.05, 0.1) is 45.9 Å². The van der Waals surface area contributed by atoms with Gasteiger partial charge in [0.25, 0.3) is 0 Å². The zero-order chi connectivity index (χ0) is 24.4. The summed E-state index contributed by atoms with van der Waals surface area (Å²) < 4.78 is 30.1. The first-order valence-corrected chi connectivity index (χ1v) is 9.94. The highest BCUT2D eigenvalue weighted by Crippen LogP contribution is 2.05. The number of carbonyl (C=O) groups is 4. The summed E-state index contributed by atoms with van der Waals surface area (Å²) in [5.41, 5.74) is 0.303. The topological polar surface area (TPSA) is 144 Å². The number of hydrogen-bond acceptors (Lipinski definition) is 11. The summed E-state index contributed by atoms with van der Waals surface area (Å²) in [7, 11) is 0. The number of aliphatic hydroxyl groups is 1. The second-order valence-electron chi connectivity index (χ2n) is 6.54. The van der Waals surface area contributed by atoms with Crippen LogP contribution in [0.2, 0.25) is 0 Å². The molecule has 0 aromatic carbocycles. The van der Waals surface area contributed by atoms with Crippen molar-refractivity contribution in [1.29, 1.82) is 0 Å². The van der Waals surface area contributed by atoms with Crippen LogP contribution in [-0.4, -0.2) is 87.9 Å². The normalized spacial score (nSPS) is 10.4. The fraction of sp³-hybridized carbons (Fsp3) is 0.619. The maximum Gasteiger partial charge on any atom is 0.333 e. The van der Waals surface area contributed by atoms with Gasteiger partial charge in [-0.15, -0.1) is 0 Å². The fourth-order valence-electron chi connectivity index (χ4n) is 1.82. The van der Waals surface area contributed by atoms with E-state index in [1.54, 1.807) is 0 Å². The van der Waals surface area contributed by atoms with Gasteiger partial charge in [0, 0.05) is 11.1 Å². The summed E-state index contributed by atoms with van der Waals surface area (Å²) in [6, 6.07) is 0. The van der Waals surface area contributed by atoms with Crippen molar-refractivity contribution in [2.75, 3.05) is 52.9 Å². The molecule has 0 aliphatic rings. The minimum atomic E-state index is -1.06. The highest BCUT2D eigenvalue weighted by Gasteiger charge is 2.20. The largest absolute Gasteiger partial charge is 0.463 e. The Balaban J connectivity index is 4.27. The Kier molecular flexibility index (Phi) is 16.3. The molecule has 0 aromatic heterocycles. The summed E-state index contributed by atoms with van der Waals surface area (Å²) in [6.45, 7) is 9.98. The average Bonchev–Trinajstić information content (AvgIpc) is 2.75. The molecule has 0 bridgehead atoms. The monoisotopic (exact) mass is 460 g/mol. The van der Waals surface area contributed by atoms with E-state index in [0.717, 1.165) is 0 Å². The Bertz CT molecular complexity index is 612. The van der Waals surface area contributed by atoms with Crippen LogP contribution in [0.15, 0.2) is 24.3 Å². The van der Waals surface area contributed by atoms with Crippen LogP contribution in [0.4, 0.5) is 0 Å². The van der Waals surface area contributed by atoms with Crippen LogP contribution in [0, 0.1) is 0 Å². The zero-order valence-electron chi connectivity index (χ0n) is 18.6. The summed E-state index contributed by atoms with van der Waals surface area (Å²) in [4.78, 5) is 46.8. The van der Waals surface area contributed by atoms with Crippen LogP contribution >= 0.6 is 0 Å². The molecule has 0 saturated carbocycles. The van der Waals surface area contributed by atoms with Crippen molar-refractivity contribution in [3.8, 4) is 0 Å². The van der Waals surface area contributed by atoms with E-state index in [2.05, 4.69) is 13.2 Å². The molecule has 182 valence electrons. The van der Waals surface area contributed by atoms with Crippen molar-refractivity contribution in [3.63, 3.8) is 0 Å². The standard InChI is InChI=1S/C21H32O11/c1-15(2)20(25)30-13-17(14-31-21(26)16(3)4)32-19(24)6-5-18(23)29-12-11-28-10-9-27-8-7-22/h17,22H,1,3,5-14H2,2,4H3. The van der Waals surface area contributed by atoms with Gasteiger partial charge < -0.3 is 33.5 Å². The van der Waals surface area contributed by atoms with Crippen LogP contribution in [0.25, 0.3) is 0 Å². The smallest absolute Gasteiger partial charge is 0.333 e. The first kappa shape index (κ1) is 29.2. The third-order valence-corrected chi connectivity index (χ3v) is 3.43. The SMILES string of the molecule is C=C(C)C(=O)OCC(COC(=O)C(=C)C)OC(=O)CCC(=O)OCCOCCOCCO. The van der Waals surface area contributed by atoms with Gasteiger partial charge in [-0.1, -0.05) is 13.2 Å². The fourth-order valence-corrected chi connectivity index (χ4v) is 1.82. The van der Waals surface area contributed by atoms with Gasteiger partial charge in [-0.25, -0.2) is 9.59 Å². The van der Waals surface area contributed by atoms with Crippen molar-refractivity contribution in [2.45, 2.75) is 32.8 Å². The zero-order valence-corrected chi connectivity index (χ0v) is 18.6. The van der Waals surface area contributed by atoms with Crippen molar-refractivity contribution < 1.29 is 52.7 Å². The molecule has 0 rings (SSSR count). The van der Waals surface area contributed by atoms with Crippen molar-refractivity contribution >= 4 is 23.9 Å². The summed E-state index contributed by atoms with van der Waals surface area (Å²) in [5, 5.41) is 8.54. The lowest BCUT2D eigenvalue weighted by Gasteiger charge is -2.18. The summed E-state index contributed by atoms with van der Waals surface area (Å²) in [6.07, 6.45) is -1.58. The Morgan fingerprint density at radius 2 is 1.19 bits per heavy atom. The molecule has 0 spiro atoms. The molecule has 11 nitrogen and oxygen atoms in total. The third kappa shape index (κ3) is 16.0. The lowest BCUT2D eigenvalue weighted by molar-refractivity contribution is -0.165. The Labute approximate surface area is 187 Å². The minimum absolute atomic E-state index is 0.00418. The molecule has 0 aliphatic heterocycles. The van der Waals surface area contributed by atoms with Gasteiger partial charge in [0.15, 0.2) is 6.10 Å². The molecule has 0 aliphatic carbocycles. The Morgan fingerprint density at radius 1 is 0.719 bits per heavy atom. The van der Waals surface area contributed by atoms with Gasteiger partial charge in [-0.05, 0) is 13.8 Å². The summed E-state index contributed by atoms with van der Waals surface area (Å²) >= 11 is 0. The second-order valence-corrected chi connectivity index (χ2v) is 6.54. The molecular formula is C21H32O11. The van der Waals surface area contributed by atoms with E-state index in [-0.39, 0.29) is 70.2 Å². The van der Waals surface area contributed by atoms with E-state index in [0.29, 0.717) is 6.61 Å². The number of ether oxygens (including phenoxy) is 6. The van der Waals surface area contributed by atoms with Gasteiger partial charge in [-0.2, -0.15) is 0 Å². The average molecular weight is 460 g/mol. The molecule has 0 fully saturated rings. The van der Waals surface area contributed by atoms with E-state index in [1.807, 2.05) is 0 Å². The van der Waals surface area contributed by atoms with Crippen molar-refractivity contribution in [3.05, 3.63) is 24.3 Å². The Hall–Kier alpha value is -2.76. The van der Waals surface area contributed by atoms with Gasteiger partial charge in [0.1, 0.15) is 19.8 Å². The van der Waals surface area contributed by atoms with Crippen LogP contribution in [-0.2, 0) is 47.6 Å². The molecule has 0 radical (unpaired) electrons. The number of esters is 4. The Morgan fingerprint density at radius 3 is 1.69 bits per heavy atom. The minimum Gasteiger partial charge on any atom is -0.463 e. The van der Waals surface area contributed by atoms with Crippen molar-refractivity contribution in [2.24, 2.45) is 0 Å². The van der Waals surface area contributed by atoms with E-state index >= 15 is 0 Å². The first-order chi connectivity index (χ1) is 15.2. The maximum atomic E-state index is 12.0. The molecule has 0 heterocycles. The van der Waals surface area contributed by atoms with Crippen LogP contribution in [0.1, 0.15) is 26.7 Å². The van der Waals surface area contributed by atoms with E-state index in [4.69, 9.17) is 33.5 Å². The highest BCUT2D eigenvalue weighted by molar-refractivity contribution is 5.87. The van der Waals surface area contributed by atoms with Crippen LogP contribution < -0.4 is 0 Å². The lowest BCUT2D eigenvalue weighted by Crippen LogP contribution is -2.31. The molecule has 0 amide bonds. The highest BCUT2D eigenvalue weighted by atomic mass is 16.6. The predicted molar refractivity (Wildman–Crippen MR) is 110 cm³/mol. The number of hydrogen-bond donors (Lipinski definition) is 1. The molecule has 0 unspecified atom stereocenters. The molecule has 11 heteroatoms. The second kappa shape index (κ2) is 17.9.